The number of carbonyl (C=O) groups excluding carboxylic acids is 2. The van der Waals surface area contributed by atoms with Crippen molar-refractivity contribution in [3.8, 4) is 17.2 Å². The number of β-lactam (4-membered cyclic amide) rings is 1. The number of hydrogen-bond donors (Lipinski definition) is 0. The molecule has 2 aliphatic rings. The number of carbonyl (C=O) groups is 2. The molecule has 0 spiro atoms. The van der Waals surface area contributed by atoms with Crippen LogP contribution >= 0.6 is 42.8 Å². The smallest absolute Gasteiger partial charge is 0.487 e. The molecule has 1 amide bonds. The second-order valence-electron chi connectivity index (χ2n) is 10.8. The first kappa shape index (κ1) is 35.8. The lowest BCUT2D eigenvalue weighted by Crippen LogP contribution is -2.61. The summed E-state index contributed by atoms with van der Waals surface area (Å²) in [5.41, 5.74) is -0.125. The number of ether oxygens (including phenoxy) is 2. The van der Waals surface area contributed by atoms with E-state index in [1.54, 1.807) is 36.4 Å². The number of nitrogens with zero attached hydrogens (tertiary/aromatic N) is 3. The summed E-state index contributed by atoms with van der Waals surface area (Å²) < 4.78 is 43.1. The Bertz CT molecular complexity index is 2030. The molecule has 13 nitrogen and oxygen atoms in total. The van der Waals surface area contributed by atoms with Crippen LogP contribution in [0.5, 0.6) is 17.2 Å². The highest BCUT2D eigenvalue weighted by Gasteiger charge is 2.56. The van der Waals surface area contributed by atoms with Crippen LogP contribution in [0.2, 0.25) is 10.0 Å². The zero-order valence-electron chi connectivity index (χ0n) is 26.4. The van der Waals surface area contributed by atoms with Gasteiger partial charge in [-0.25, -0.2) is 4.79 Å². The number of nitro benzene ring substituents is 1. The van der Waals surface area contributed by atoms with Crippen molar-refractivity contribution in [1.82, 2.24) is 4.90 Å². The quantitative estimate of drug-likeness (QED) is 0.0232. The minimum atomic E-state index is -4.78. The predicted octanol–water partition coefficient (Wildman–Crippen LogP) is 8.22. The van der Waals surface area contributed by atoms with Gasteiger partial charge in [0.05, 0.1) is 15.0 Å². The maximum atomic E-state index is 14.4. The van der Waals surface area contributed by atoms with Crippen LogP contribution in [0.4, 0.5) is 5.69 Å². The number of likely N-dealkylation sites (tertiary alicyclic amines) is 1. The Morgan fingerprint density at radius 1 is 0.902 bits per heavy atom. The second kappa shape index (κ2) is 15.5. The molecule has 1 fully saturated rings. The fourth-order valence-corrected chi connectivity index (χ4v) is 7.86. The SMILES string of the molecule is CC(OP(=O)(Oc1ccccc1Cl)Oc1ccccc1Cl)=C(C(=O)OCc1ccc([N+](=O)[O-])cc1)N1C(=O)C2N=C(COc3ccccc3)SC21. The first-order chi connectivity index (χ1) is 24.5. The normalized spacial score (nSPS) is 17.0. The largest absolute Gasteiger partial charge is 0.646 e. The number of esters is 1. The number of phosphoric ester groups is 1. The van der Waals surface area contributed by atoms with Gasteiger partial charge in [0, 0.05) is 12.1 Å². The van der Waals surface area contributed by atoms with Crippen molar-refractivity contribution < 1.29 is 42.1 Å². The van der Waals surface area contributed by atoms with E-state index in [4.69, 9.17) is 46.2 Å². The van der Waals surface area contributed by atoms with Gasteiger partial charge >= 0.3 is 13.8 Å². The monoisotopic (exact) mass is 769 g/mol. The number of aliphatic imine (C=N–C) groups is 1. The van der Waals surface area contributed by atoms with Gasteiger partial charge in [0.15, 0.2) is 23.2 Å². The Balaban J connectivity index is 1.30. The maximum absolute atomic E-state index is 14.4. The van der Waals surface area contributed by atoms with Crippen LogP contribution in [0.3, 0.4) is 0 Å². The Kier molecular flexibility index (Phi) is 10.9. The topological polar surface area (TPSA) is 156 Å². The minimum absolute atomic E-state index is 0.0625. The Morgan fingerprint density at radius 3 is 2.08 bits per heavy atom. The van der Waals surface area contributed by atoms with E-state index in [2.05, 4.69) is 4.99 Å². The van der Waals surface area contributed by atoms with Crippen LogP contribution in [0.15, 0.2) is 120 Å². The number of hydrogen-bond acceptors (Lipinski definition) is 12. The van der Waals surface area contributed by atoms with Crippen LogP contribution in [0.25, 0.3) is 0 Å². The van der Waals surface area contributed by atoms with Crippen LogP contribution in [0, 0.1) is 10.1 Å². The van der Waals surface area contributed by atoms with E-state index in [0.29, 0.717) is 16.4 Å². The number of benzene rings is 4. The summed E-state index contributed by atoms with van der Waals surface area (Å²) in [6.07, 6.45) is 0. The van der Waals surface area contributed by atoms with Crippen LogP contribution in [-0.2, 0) is 30.0 Å². The highest BCUT2D eigenvalue weighted by atomic mass is 35.5. The first-order valence-electron chi connectivity index (χ1n) is 15.0. The molecule has 6 rings (SSSR count). The molecule has 51 heavy (non-hydrogen) atoms. The lowest BCUT2D eigenvalue weighted by molar-refractivity contribution is -0.384. The van der Waals surface area contributed by atoms with Gasteiger partial charge in [0.1, 0.15) is 35.1 Å². The molecule has 0 aliphatic carbocycles. The fourth-order valence-electron chi connectivity index (χ4n) is 4.87. The van der Waals surface area contributed by atoms with Gasteiger partial charge in [-0.05, 0) is 61.0 Å². The van der Waals surface area contributed by atoms with Crippen LogP contribution in [-0.4, -0.2) is 44.8 Å². The third-order valence-corrected chi connectivity index (χ3v) is 10.5. The number of phosphoric acid groups is 1. The number of fused-ring (bicyclic) bond motifs is 1. The number of rotatable bonds is 14. The molecule has 0 saturated carbocycles. The Labute approximate surface area is 305 Å². The molecule has 262 valence electrons. The van der Waals surface area contributed by atoms with Crippen LogP contribution < -0.4 is 13.8 Å². The molecule has 4 aromatic carbocycles. The standard InChI is InChI=1S/C34H26Cl2N3O10PS/c1-21(47-50(44,48-27-13-7-5-11-25(27)35)49-28-14-8-6-12-26(28)36)31(34(41)46-19-22-15-17-23(18-16-22)39(42)43)38-32(40)30-33(38)51-29(37-30)20-45-24-9-3-2-4-10-24/h2-18,30,33H,19-20H2,1H3. The number of para-hydroxylation sites is 3. The zero-order valence-corrected chi connectivity index (χ0v) is 29.6. The third-order valence-electron chi connectivity index (χ3n) is 7.29. The highest BCUT2D eigenvalue weighted by molar-refractivity contribution is 8.15. The molecule has 2 aliphatic heterocycles. The molecular weight excluding hydrogens is 744 g/mol. The second-order valence-corrected chi connectivity index (χ2v) is 14.2. The summed E-state index contributed by atoms with van der Waals surface area (Å²) in [4.78, 5) is 43.6. The number of non-ortho nitro benzene ring substituents is 1. The summed E-state index contributed by atoms with van der Waals surface area (Å²) in [5.74, 6) is -1.46. The first-order valence-corrected chi connectivity index (χ1v) is 18.1. The van der Waals surface area contributed by atoms with Crippen molar-refractivity contribution in [2.75, 3.05) is 6.61 Å². The van der Waals surface area contributed by atoms with E-state index in [-0.39, 0.29) is 46.2 Å². The van der Waals surface area contributed by atoms with Gasteiger partial charge in [-0.15, -0.1) is 0 Å². The van der Waals surface area contributed by atoms with E-state index < -0.39 is 41.7 Å². The van der Waals surface area contributed by atoms with E-state index >= 15 is 0 Å². The van der Waals surface area contributed by atoms with Gasteiger partial charge in [-0.1, -0.05) is 77.4 Å². The zero-order chi connectivity index (χ0) is 36.1. The van der Waals surface area contributed by atoms with E-state index in [0.717, 1.165) is 4.90 Å². The number of allylic oxidation sites excluding steroid dienone is 1. The molecular formula is C34H26Cl2N3O10PS. The molecule has 0 aromatic heterocycles. The van der Waals surface area contributed by atoms with Crippen molar-refractivity contribution in [2.24, 2.45) is 4.99 Å². The molecule has 17 heteroatoms. The lowest BCUT2D eigenvalue weighted by Gasteiger charge is -2.41. The summed E-state index contributed by atoms with van der Waals surface area (Å²) in [5, 5.41) is 11.1. The number of amides is 1. The van der Waals surface area contributed by atoms with E-state index in [1.165, 1.54) is 67.2 Å². The van der Waals surface area contributed by atoms with Crippen molar-refractivity contribution in [2.45, 2.75) is 24.9 Å². The molecule has 0 radical (unpaired) electrons. The van der Waals surface area contributed by atoms with Gasteiger partial charge in [-0.2, -0.15) is 4.57 Å². The van der Waals surface area contributed by atoms with Crippen molar-refractivity contribution in [1.29, 1.82) is 0 Å². The van der Waals surface area contributed by atoms with Gasteiger partial charge in [0.2, 0.25) is 0 Å². The molecule has 2 heterocycles. The van der Waals surface area contributed by atoms with Crippen molar-refractivity contribution in [3.05, 3.63) is 140 Å². The fraction of sp³-hybridized carbons (Fsp3) is 0.147. The average Bonchev–Trinajstić information content (AvgIpc) is 3.50. The highest BCUT2D eigenvalue weighted by Crippen LogP contribution is 2.54. The molecule has 2 unspecified atom stereocenters. The van der Waals surface area contributed by atoms with Crippen LogP contribution in [0.1, 0.15) is 12.5 Å². The maximum Gasteiger partial charge on any atom is 0.646 e. The van der Waals surface area contributed by atoms with Gasteiger partial charge in [-0.3, -0.25) is 24.8 Å². The summed E-state index contributed by atoms with van der Waals surface area (Å²) in [6.45, 7) is 1.05. The van der Waals surface area contributed by atoms with Crippen molar-refractivity contribution in [3.63, 3.8) is 0 Å². The third kappa shape index (κ3) is 8.32. The van der Waals surface area contributed by atoms with E-state index in [9.17, 15) is 24.3 Å². The Morgan fingerprint density at radius 2 is 1.49 bits per heavy atom. The molecule has 0 N–H and O–H groups in total. The van der Waals surface area contributed by atoms with Crippen molar-refractivity contribution >= 4 is 65.4 Å². The van der Waals surface area contributed by atoms with Gasteiger partial charge in [0.25, 0.3) is 11.6 Å². The number of thioether (sulfide) groups is 1. The molecule has 2 atom stereocenters. The van der Waals surface area contributed by atoms with Gasteiger partial charge < -0.3 is 23.0 Å². The molecule has 0 bridgehead atoms. The number of nitro groups is 1. The Hall–Kier alpha value is -5.01. The molecule has 4 aromatic rings. The lowest BCUT2D eigenvalue weighted by atomic mass is 10.1. The van der Waals surface area contributed by atoms with E-state index in [1.807, 2.05) is 18.2 Å². The number of halogens is 2. The predicted molar refractivity (Wildman–Crippen MR) is 190 cm³/mol. The average molecular weight is 771 g/mol. The molecule has 1 saturated heterocycles. The minimum Gasteiger partial charge on any atom is -0.487 e. The summed E-state index contributed by atoms with van der Waals surface area (Å²) in [6, 6.07) is 25.9. The summed E-state index contributed by atoms with van der Waals surface area (Å²) in [7, 11) is -4.78. The summed E-state index contributed by atoms with van der Waals surface area (Å²) >= 11 is 13.8.